The molecule has 1 N–H and O–H groups in total. The first-order chi connectivity index (χ1) is 9.84. The van der Waals surface area contributed by atoms with E-state index in [9.17, 15) is 4.79 Å². The lowest BCUT2D eigenvalue weighted by atomic mass is 9.97. The molecular formula is C15H18N2O4. The molecule has 6 heteroatoms. The lowest BCUT2D eigenvalue weighted by molar-refractivity contribution is -0.136. The van der Waals surface area contributed by atoms with Crippen molar-refractivity contribution in [3.8, 4) is 5.75 Å². The molecule has 6 nitrogen and oxygen atoms in total. The molecule has 0 unspecified atom stereocenters. The van der Waals surface area contributed by atoms with Gasteiger partial charge < -0.3 is 14.4 Å². The van der Waals surface area contributed by atoms with Crippen LogP contribution in [0.4, 0.5) is 0 Å². The maximum Gasteiger partial charge on any atom is 0.307 e. The Labute approximate surface area is 122 Å². The molecule has 2 aromatic rings. The van der Waals surface area contributed by atoms with Crippen LogP contribution in [0.2, 0.25) is 0 Å². The molecule has 1 heterocycles. The van der Waals surface area contributed by atoms with E-state index in [2.05, 4.69) is 10.1 Å². The summed E-state index contributed by atoms with van der Waals surface area (Å²) >= 11 is 0. The van der Waals surface area contributed by atoms with Crippen molar-refractivity contribution < 1.29 is 19.2 Å². The maximum atomic E-state index is 10.6. The second kappa shape index (κ2) is 5.95. The molecule has 0 spiro atoms. The number of ether oxygens (including phenoxy) is 1. The zero-order valence-electron chi connectivity index (χ0n) is 12.3. The van der Waals surface area contributed by atoms with Gasteiger partial charge in [-0.3, -0.25) is 4.79 Å². The Morgan fingerprint density at radius 1 is 1.29 bits per heavy atom. The van der Waals surface area contributed by atoms with E-state index in [0.29, 0.717) is 17.5 Å². The highest BCUT2D eigenvalue weighted by molar-refractivity contribution is 5.70. The third-order valence-electron chi connectivity index (χ3n) is 2.76. The highest BCUT2D eigenvalue weighted by atomic mass is 16.5. The highest BCUT2D eigenvalue weighted by Gasteiger charge is 2.21. The number of benzene rings is 1. The van der Waals surface area contributed by atoms with Crippen molar-refractivity contribution in [1.82, 2.24) is 10.1 Å². The van der Waals surface area contributed by atoms with Crippen molar-refractivity contribution in [1.29, 1.82) is 0 Å². The quantitative estimate of drug-likeness (QED) is 0.910. The first-order valence-corrected chi connectivity index (χ1v) is 6.61. The fourth-order valence-electron chi connectivity index (χ4n) is 1.64. The molecule has 0 amide bonds. The average molecular weight is 290 g/mol. The van der Waals surface area contributed by atoms with Crippen LogP contribution in [0.15, 0.2) is 28.8 Å². The minimum atomic E-state index is -0.856. The molecule has 21 heavy (non-hydrogen) atoms. The van der Waals surface area contributed by atoms with Gasteiger partial charge in [0.25, 0.3) is 0 Å². The summed E-state index contributed by atoms with van der Waals surface area (Å²) in [6.07, 6.45) is 0.0000638. The number of hydrogen-bond acceptors (Lipinski definition) is 5. The standard InChI is InChI=1S/C15H18N2O4/c1-15(2,3)14-16-12(17-21-14)9-20-11-6-4-10(5-7-11)8-13(18)19/h4-7H,8-9H2,1-3H3,(H,18,19). The molecule has 0 saturated heterocycles. The minimum Gasteiger partial charge on any atom is -0.485 e. The Balaban J connectivity index is 1.94. The normalized spacial score (nSPS) is 11.4. The molecule has 0 aliphatic carbocycles. The maximum absolute atomic E-state index is 10.6. The van der Waals surface area contributed by atoms with Crippen LogP contribution in [-0.4, -0.2) is 21.2 Å². The molecule has 0 bridgehead atoms. The molecule has 112 valence electrons. The third-order valence-corrected chi connectivity index (χ3v) is 2.76. The van der Waals surface area contributed by atoms with Crippen LogP contribution in [0.25, 0.3) is 0 Å². The fraction of sp³-hybridized carbons (Fsp3) is 0.400. The first-order valence-electron chi connectivity index (χ1n) is 6.61. The topological polar surface area (TPSA) is 85.5 Å². The summed E-state index contributed by atoms with van der Waals surface area (Å²) in [5.41, 5.74) is 0.536. The second-order valence-electron chi connectivity index (χ2n) is 5.77. The fourth-order valence-corrected chi connectivity index (χ4v) is 1.64. The molecule has 0 aliphatic heterocycles. The van der Waals surface area contributed by atoms with E-state index < -0.39 is 5.97 Å². The zero-order chi connectivity index (χ0) is 15.5. The average Bonchev–Trinajstić information content (AvgIpc) is 2.86. The van der Waals surface area contributed by atoms with E-state index in [4.69, 9.17) is 14.4 Å². The summed E-state index contributed by atoms with van der Waals surface area (Å²) < 4.78 is 10.7. The van der Waals surface area contributed by atoms with Crippen LogP contribution >= 0.6 is 0 Å². The monoisotopic (exact) mass is 290 g/mol. The van der Waals surface area contributed by atoms with Gasteiger partial charge in [0.05, 0.1) is 6.42 Å². The first kappa shape index (κ1) is 15.0. The number of carbonyl (C=O) groups is 1. The SMILES string of the molecule is CC(C)(C)c1nc(COc2ccc(CC(=O)O)cc2)no1. The number of hydrogen-bond donors (Lipinski definition) is 1. The Morgan fingerprint density at radius 2 is 1.95 bits per heavy atom. The van der Waals surface area contributed by atoms with Crippen LogP contribution in [0.5, 0.6) is 5.75 Å². The van der Waals surface area contributed by atoms with Gasteiger partial charge in [-0.15, -0.1) is 0 Å². The van der Waals surface area contributed by atoms with Gasteiger partial charge in [-0.2, -0.15) is 4.98 Å². The number of aromatic nitrogens is 2. The number of carboxylic acids is 1. The summed E-state index contributed by atoms with van der Waals surface area (Å²) in [5.74, 6) is 0.823. The number of carboxylic acid groups (broad SMARTS) is 1. The summed E-state index contributed by atoms with van der Waals surface area (Å²) in [5, 5.41) is 12.6. The lowest BCUT2D eigenvalue weighted by Crippen LogP contribution is -2.11. The summed E-state index contributed by atoms with van der Waals surface area (Å²) in [6, 6.07) is 6.90. The molecular weight excluding hydrogens is 272 g/mol. The molecule has 0 fully saturated rings. The number of aliphatic carboxylic acids is 1. The van der Waals surface area contributed by atoms with Gasteiger partial charge in [0.2, 0.25) is 11.7 Å². The van der Waals surface area contributed by atoms with Gasteiger partial charge in [-0.05, 0) is 17.7 Å². The van der Waals surface area contributed by atoms with E-state index in [-0.39, 0.29) is 18.4 Å². The predicted octanol–water partition coefficient (Wildman–Crippen LogP) is 2.57. The van der Waals surface area contributed by atoms with Crippen LogP contribution in [-0.2, 0) is 23.2 Å². The zero-order valence-corrected chi connectivity index (χ0v) is 12.3. The Bertz CT molecular complexity index is 611. The minimum absolute atomic E-state index is 0.0000638. The molecule has 0 radical (unpaired) electrons. The molecule has 0 atom stereocenters. The van der Waals surface area contributed by atoms with Crippen LogP contribution in [0, 0.1) is 0 Å². The van der Waals surface area contributed by atoms with E-state index >= 15 is 0 Å². The van der Waals surface area contributed by atoms with Gasteiger partial charge in [0.15, 0.2) is 6.61 Å². The van der Waals surface area contributed by atoms with Gasteiger partial charge >= 0.3 is 5.97 Å². The van der Waals surface area contributed by atoms with Crippen LogP contribution in [0.3, 0.4) is 0 Å². The van der Waals surface area contributed by atoms with E-state index in [0.717, 1.165) is 5.56 Å². The molecule has 0 aliphatic rings. The van der Waals surface area contributed by atoms with E-state index in [1.165, 1.54) is 0 Å². The Kier molecular flexibility index (Phi) is 4.26. The van der Waals surface area contributed by atoms with Crippen LogP contribution in [0.1, 0.15) is 38.0 Å². The highest BCUT2D eigenvalue weighted by Crippen LogP contribution is 2.20. The van der Waals surface area contributed by atoms with Gasteiger partial charge in [0.1, 0.15) is 5.75 Å². The third kappa shape index (κ3) is 4.30. The lowest BCUT2D eigenvalue weighted by Gasteiger charge is -2.10. The van der Waals surface area contributed by atoms with Crippen molar-refractivity contribution in [2.24, 2.45) is 0 Å². The second-order valence-corrected chi connectivity index (χ2v) is 5.77. The van der Waals surface area contributed by atoms with Crippen molar-refractivity contribution in [2.45, 2.75) is 39.2 Å². The molecule has 2 rings (SSSR count). The predicted molar refractivity (Wildman–Crippen MR) is 75.1 cm³/mol. The van der Waals surface area contributed by atoms with Crippen molar-refractivity contribution >= 4 is 5.97 Å². The number of nitrogens with zero attached hydrogens (tertiary/aromatic N) is 2. The van der Waals surface area contributed by atoms with Crippen molar-refractivity contribution in [2.75, 3.05) is 0 Å². The van der Waals surface area contributed by atoms with Gasteiger partial charge in [0, 0.05) is 5.41 Å². The molecule has 0 saturated carbocycles. The van der Waals surface area contributed by atoms with Gasteiger partial charge in [-0.25, -0.2) is 0 Å². The number of rotatable bonds is 5. The van der Waals surface area contributed by atoms with Crippen LogP contribution < -0.4 is 4.74 Å². The Morgan fingerprint density at radius 3 is 2.48 bits per heavy atom. The summed E-state index contributed by atoms with van der Waals surface area (Å²) in [4.78, 5) is 14.9. The summed E-state index contributed by atoms with van der Waals surface area (Å²) in [6.45, 7) is 6.18. The van der Waals surface area contributed by atoms with Crippen molar-refractivity contribution in [3.05, 3.63) is 41.5 Å². The van der Waals surface area contributed by atoms with E-state index in [1.54, 1.807) is 24.3 Å². The summed E-state index contributed by atoms with van der Waals surface area (Å²) in [7, 11) is 0. The molecule has 1 aromatic carbocycles. The smallest absolute Gasteiger partial charge is 0.307 e. The van der Waals surface area contributed by atoms with Gasteiger partial charge in [-0.1, -0.05) is 38.1 Å². The van der Waals surface area contributed by atoms with Crippen molar-refractivity contribution in [3.63, 3.8) is 0 Å². The largest absolute Gasteiger partial charge is 0.485 e. The molecule has 1 aromatic heterocycles. The van der Waals surface area contributed by atoms with E-state index in [1.807, 2.05) is 20.8 Å². The Hall–Kier alpha value is -2.37.